The van der Waals surface area contributed by atoms with E-state index in [9.17, 15) is 0 Å². The van der Waals surface area contributed by atoms with Gasteiger partial charge in [0, 0.05) is 6.07 Å². The Balaban J connectivity index is 2.41. The van der Waals surface area contributed by atoms with Crippen molar-refractivity contribution in [1.82, 2.24) is 15.5 Å². The fourth-order valence-corrected chi connectivity index (χ4v) is 2.33. The van der Waals surface area contributed by atoms with Crippen LogP contribution < -0.4 is 10.1 Å². The summed E-state index contributed by atoms with van der Waals surface area (Å²) in [7, 11) is 1.55. The standard InChI is InChI=1S/C14H15Cl2N3O/c1-3-17-14(9-5-4-6-10(15)13(9)16)11-7-8-12(20-2)19-18-11/h4-8,14,17H,3H2,1-2H3. The van der Waals surface area contributed by atoms with E-state index in [0.717, 1.165) is 17.8 Å². The van der Waals surface area contributed by atoms with E-state index in [1.54, 1.807) is 19.2 Å². The van der Waals surface area contributed by atoms with Gasteiger partial charge in [0.2, 0.25) is 5.88 Å². The maximum Gasteiger partial charge on any atom is 0.233 e. The summed E-state index contributed by atoms with van der Waals surface area (Å²) in [6.45, 7) is 2.78. The lowest BCUT2D eigenvalue weighted by atomic mass is 10.0. The molecule has 0 aliphatic rings. The minimum Gasteiger partial charge on any atom is -0.480 e. The van der Waals surface area contributed by atoms with Crippen molar-refractivity contribution in [2.45, 2.75) is 13.0 Å². The van der Waals surface area contributed by atoms with E-state index in [1.165, 1.54) is 0 Å². The molecule has 0 aliphatic carbocycles. The first-order chi connectivity index (χ1) is 9.67. The highest BCUT2D eigenvalue weighted by Crippen LogP contribution is 2.32. The second-order valence-electron chi connectivity index (χ2n) is 4.13. The van der Waals surface area contributed by atoms with Gasteiger partial charge in [-0.2, -0.15) is 0 Å². The van der Waals surface area contributed by atoms with Crippen LogP contribution in [0, 0.1) is 0 Å². The third-order valence-electron chi connectivity index (χ3n) is 2.87. The van der Waals surface area contributed by atoms with Crippen LogP contribution in [0.15, 0.2) is 30.3 Å². The molecule has 0 amide bonds. The van der Waals surface area contributed by atoms with Crippen molar-refractivity contribution in [3.63, 3.8) is 0 Å². The molecular formula is C14H15Cl2N3O. The molecule has 0 radical (unpaired) electrons. The fourth-order valence-electron chi connectivity index (χ4n) is 1.91. The highest BCUT2D eigenvalue weighted by molar-refractivity contribution is 6.42. The second-order valence-corrected chi connectivity index (χ2v) is 4.92. The lowest BCUT2D eigenvalue weighted by molar-refractivity contribution is 0.390. The molecule has 2 rings (SSSR count). The van der Waals surface area contributed by atoms with Gasteiger partial charge in [-0.25, -0.2) is 0 Å². The molecule has 1 unspecified atom stereocenters. The predicted octanol–water partition coefficient (Wildman–Crippen LogP) is 3.49. The molecule has 6 heteroatoms. The van der Waals surface area contributed by atoms with Gasteiger partial charge in [-0.15, -0.1) is 10.2 Å². The van der Waals surface area contributed by atoms with Crippen molar-refractivity contribution in [3.8, 4) is 5.88 Å². The SMILES string of the molecule is CCNC(c1ccc(OC)nn1)c1cccc(Cl)c1Cl. The minimum atomic E-state index is -0.162. The molecule has 4 nitrogen and oxygen atoms in total. The van der Waals surface area contributed by atoms with E-state index in [0.29, 0.717) is 15.9 Å². The van der Waals surface area contributed by atoms with Crippen LogP contribution >= 0.6 is 23.2 Å². The first-order valence-corrected chi connectivity index (χ1v) is 6.97. The Morgan fingerprint density at radius 1 is 1.20 bits per heavy atom. The Labute approximate surface area is 128 Å². The Kier molecular flexibility index (Phi) is 5.17. The van der Waals surface area contributed by atoms with E-state index in [1.807, 2.05) is 25.1 Å². The summed E-state index contributed by atoms with van der Waals surface area (Å²) in [5, 5.41) is 12.5. The van der Waals surface area contributed by atoms with Crippen LogP contribution in [0.5, 0.6) is 5.88 Å². The number of ether oxygens (including phenoxy) is 1. The Morgan fingerprint density at radius 2 is 2.00 bits per heavy atom. The van der Waals surface area contributed by atoms with Gasteiger partial charge in [-0.05, 0) is 24.2 Å². The fraction of sp³-hybridized carbons (Fsp3) is 0.286. The molecule has 1 aromatic heterocycles. The first kappa shape index (κ1) is 15.0. The molecule has 1 N–H and O–H groups in total. The maximum absolute atomic E-state index is 6.29. The number of hydrogen-bond donors (Lipinski definition) is 1. The van der Waals surface area contributed by atoms with Gasteiger partial charge in [0.05, 0.1) is 28.9 Å². The predicted molar refractivity (Wildman–Crippen MR) is 80.6 cm³/mol. The molecule has 1 aromatic carbocycles. The summed E-state index contributed by atoms with van der Waals surface area (Å²) >= 11 is 12.4. The van der Waals surface area contributed by atoms with E-state index >= 15 is 0 Å². The van der Waals surface area contributed by atoms with Gasteiger partial charge in [0.15, 0.2) is 0 Å². The largest absolute Gasteiger partial charge is 0.480 e. The van der Waals surface area contributed by atoms with Crippen molar-refractivity contribution < 1.29 is 4.74 Å². The molecule has 0 saturated carbocycles. The molecule has 106 valence electrons. The molecule has 1 atom stereocenters. The summed E-state index contributed by atoms with van der Waals surface area (Å²) in [6, 6.07) is 9.01. The zero-order valence-corrected chi connectivity index (χ0v) is 12.7. The van der Waals surface area contributed by atoms with Crippen molar-refractivity contribution in [2.24, 2.45) is 0 Å². The number of hydrogen-bond acceptors (Lipinski definition) is 4. The van der Waals surface area contributed by atoms with Crippen molar-refractivity contribution in [3.05, 3.63) is 51.6 Å². The summed E-state index contributed by atoms with van der Waals surface area (Å²) in [4.78, 5) is 0. The van der Waals surface area contributed by atoms with Gasteiger partial charge in [-0.1, -0.05) is 42.3 Å². The molecule has 0 aliphatic heterocycles. The van der Waals surface area contributed by atoms with Crippen LogP contribution in [-0.2, 0) is 0 Å². The van der Waals surface area contributed by atoms with E-state index in [2.05, 4.69) is 15.5 Å². The quantitative estimate of drug-likeness (QED) is 0.918. The average molecular weight is 312 g/mol. The van der Waals surface area contributed by atoms with Crippen molar-refractivity contribution in [1.29, 1.82) is 0 Å². The number of nitrogens with zero attached hydrogens (tertiary/aromatic N) is 2. The molecule has 2 aromatic rings. The number of benzene rings is 1. The summed E-state index contributed by atoms with van der Waals surface area (Å²) in [5.74, 6) is 0.473. The maximum atomic E-state index is 6.29. The third kappa shape index (κ3) is 3.20. The van der Waals surface area contributed by atoms with E-state index in [4.69, 9.17) is 27.9 Å². The second kappa shape index (κ2) is 6.88. The molecular weight excluding hydrogens is 297 g/mol. The third-order valence-corrected chi connectivity index (χ3v) is 3.70. The number of methoxy groups -OCH3 is 1. The van der Waals surface area contributed by atoms with Crippen LogP contribution in [0.4, 0.5) is 0 Å². The normalized spacial score (nSPS) is 12.2. The van der Waals surface area contributed by atoms with Gasteiger partial charge in [-0.3, -0.25) is 0 Å². The van der Waals surface area contributed by atoms with Crippen LogP contribution in [0.2, 0.25) is 10.0 Å². The van der Waals surface area contributed by atoms with Gasteiger partial charge in [0.25, 0.3) is 0 Å². The highest BCUT2D eigenvalue weighted by Gasteiger charge is 2.19. The molecule has 0 spiro atoms. The van der Waals surface area contributed by atoms with Gasteiger partial charge < -0.3 is 10.1 Å². The number of rotatable bonds is 5. The van der Waals surface area contributed by atoms with Crippen LogP contribution in [0.3, 0.4) is 0 Å². The van der Waals surface area contributed by atoms with E-state index < -0.39 is 0 Å². The number of halogens is 2. The molecule has 0 bridgehead atoms. The Bertz CT molecular complexity index is 575. The smallest absolute Gasteiger partial charge is 0.233 e. The molecule has 0 fully saturated rings. The topological polar surface area (TPSA) is 47.0 Å². The lowest BCUT2D eigenvalue weighted by Crippen LogP contribution is -2.23. The lowest BCUT2D eigenvalue weighted by Gasteiger charge is -2.19. The van der Waals surface area contributed by atoms with Crippen molar-refractivity contribution >= 4 is 23.2 Å². The average Bonchev–Trinajstić information content (AvgIpc) is 2.48. The zero-order valence-electron chi connectivity index (χ0n) is 11.2. The Hall–Kier alpha value is -1.36. The molecule has 0 saturated heterocycles. The van der Waals surface area contributed by atoms with Gasteiger partial charge >= 0.3 is 0 Å². The number of nitrogens with one attached hydrogen (secondary N) is 1. The summed E-state index contributed by atoms with van der Waals surface area (Å²) in [6.07, 6.45) is 0. The highest BCUT2D eigenvalue weighted by atomic mass is 35.5. The first-order valence-electron chi connectivity index (χ1n) is 6.22. The minimum absolute atomic E-state index is 0.162. The summed E-state index contributed by atoms with van der Waals surface area (Å²) in [5.41, 5.74) is 1.64. The van der Waals surface area contributed by atoms with Crippen LogP contribution in [-0.4, -0.2) is 23.9 Å². The van der Waals surface area contributed by atoms with Gasteiger partial charge in [0.1, 0.15) is 0 Å². The molecule has 20 heavy (non-hydrogen) atoms. The zero-order chi connectivity index (χ0) is 14.5. The Morgan fingerprint density at radius 3 is 2.60 bits per heavy atom. The number of aromatic nitrogens is 2. The van der Waals surface area contributed by atoms with Crippen LogP contribution in [0.1, 0.15) is 24.2 Å². The van der Waals surface area contributed by atoms with Crippen molar-refractivity contribution in [2.75, 3.05) is 13.7 Å². The van der Waals surface area contributed by atoms with Crippen LogP contribution in [0.25, 0.3) is 0 Å². The molecule has 1 heterocycles. The monoisotopic (exact) mass is 311 g/mol. The summed E-state index contributed by atoms with van der Waals surface area (Å²) < 4.78 is 5.02. The van der Waals surface area contributed by atoms with E-state index in [-0.39, 0.29) is 6.04 Å².